The summed E-state index contributed by atoms with van der Waals surface area (Å²) < 4.78 is 1.72. The summed E-state index contributed by atoms with van der Waals surface area (Å²) in [5.74, 6) is -0.0394. The molecule has 0 saturated heterocycles. The maximum absolute atomic E-state index is 11.9. The smallest absolute Gasteiger partial charge is 0.252 e. The van der Waals surface area contributed by atoms with Crippen LogP contribution in [-0.2, 0) is 0 Å². The van der Waals surface area contributed by atoms with E-state index < -0.39 is 0 Å². The second kappa shape index (κ2) is 6.01. The molecule has 1 aromatic rings. The SMILES string of the molecule is CC(C)(C)CCNC(=O)c1cc(Br)ccc1Br. The monoisotopic (exact) mass is 361 g/mol. The van der Waals surface area contributed by atoms with E-state index in [4.69, 9.17) is 0 Å². The van der Waals surface area contributed by atoms with Crippen LogP contribution in [0.2, 0.25) is 0 Å². The van der Waals surface area contributed by atoms with Crippen molar-refractivity contribution in [2.75, 3.05) is 6.54 Å². The fourth-order valence-electron chi connectivity index (χ4n) is 1.32. The number of halogens is 2. The summed E-state index contributed by atoms with van der Waals surface area (Å²) in [5, 5.41) is 2.93. The second-order valence-electron chi connectivity index (χ2n) is 5.19. The van der Waals surface area contributed by atoms with Crippen molar-refractivity contribution < 1.29 is 4.79 Å². The molecule has 0 fully saturated rings. The number of nitrogens with one attached hydrogen (secondary N) is 1. The van der Waals surface area contributed by atoms with Crippen LogP contribution in [0.3, 0.4) is 0 Å². The number of amides is 1. The van der Waals surface area contributed by atoms with E-state index in [-0.39, 0.29) is 11.3 Å². The van der Waals surface area contributed by atoms with Gasteiger partial charge >= 0.3 is 0 Å². The van der Waals surface area contributed by atoms with E-state index in [2.05, 4.69) is 57.9 Å². The number of benzene rings is 1. The van der Waals surface area contributed by atoms with Gasteiger partial charge in [0.1, 0.15) is 0 Å². The van der Waals surface area contributed by atoms with Crippen LogP contribution in [0, 0.1) is 5.41 Å². The Balaban J connectivity index is 2.61. The van der Waals surface area contributed by atoms with Gasteiger partial charge in [-0.2, -0.15) is 0 Å². The fourth-order valence-corrected chi connectivity index (χ4v) is 2.11. The average Bonchev–Trinajstić information content (AvgIpc) is 2.19. The minimum absolute atomic E-state index is 0.0394. The van der Waals surface area contributed by atoms with Crippen molar-refractivity contribution in [2.45, 2.75) is 27.2 Å². The first-order valence-corrected chi connectivity index (χ1v) is 7.11. The minimum Gasteiger partial charge on any atom is -0.352 e. The third kappa shape index (κ3) is 5.21. The second-order valence-corrected chi connectivity index (χ2v) is 6.96. The lowest BCUT2D eigenvalue weighted by atomic mass is 9.92. The predicted octanol–water partition coefficient (Wildman–Crippen LogP) is 4.38. The molecule has 2 nitrogen and oxygen atoms in total. The topological polar surface area (TPSA) is 29.1 Å². The van der Waals surface area contributed by atoms with E-state index in [0.717, 1.165) is 15.4 Å². The van der Waals surface area contributed by atoms with Crippen LogP contribution in [0.25, 0.3) is 0 Å². The number of hydrogen-bond acceptors (Lipinski definition) is 1. The average molecular weight is 363 g/mol. The summed E-state index contributed by atoms with van der Waals surface area (Å²) in [7, 11) is 0. The number of hydrogen-bond donors (Lipinski definition) is 1. The minimum atomic E-state index is -0.0394. The summed E-state index contributed by atoms with van der Waals surface area (Å²) in [6.07, 6.45) is 0.963. The summed E-state index contributed by atoms with van der Waals surface area (Å²) in [5.41, 5.74) is 0.898. The molecular formula is C13H17Br2NO. The maximum atomic E-state index is 11.9. The van der Waals surface area contributed by atoms with Crippen LogP contribution in [0.1, 0.15) is 37.6 Å². The molecule has 4 heteroatoms. The van der Waals surface area contributed by atoms with Crippen LogP contribution in [-0.4, -0.2) is 12.5 Å². The molecule has 0 saturated carbocycles. The quantitative estimate of drug-likeness (QED) is 0.849. The number of carbonyl (C=O) groups is 1. The van der Waals surface area contributed by atoms with Crippen molar-refractivity contribution in [3.8, 4) is 0 Å². The molecule has 0 aromatic heterocycles. The van der Waals surface area contributed by atoms with Gasteiger partial charge < -0.3 is 5.32 Å². The lowest BCUT2D eigenvalue weighted by Crippen LogP contribution is -2.27. The molecule has 94 valence electrons. The van der Waals surface area contributed by atoms with Crippen molar-refractivity contribution in [1.29, 1.82) is 0 Å². The van der Waals surface area contributed by atoms with Gasteiger partial charge in [-0.3, -0.25) is 4.79 Å². The summed E-state index contributed by atoms with van der Waals surface area (Å²) in [6.45, 7) is 7.18. The Morgan fingerprint density at radius 2 is 1.94 bits per heavy atom. The van der Waals surface area contributed by atoms with Crippen molar-refractivity contribution >= 4 is 37.8 Å². The van der Waals surface area contributed by atoms with Crippen LogP contribution in [0.5, 0.6) is 0 Å². The van der Waals surface area contributed by atoms with E-state index in [9.17, 15) is 4.79 Å². The fraction of sp³-hybridized carbons (Fsp3) is 0.462. The van der Waals surface area contributed by atoms with Gasteiger partial charge in [0.25, 0.3) is 5.91 Å². The van der Waals surface area contributed by atoms with Crippen LogP contribution >= 0.6 is 31.9 Å². The molecule has 0 aliphatic rings. The van der Waals surface area contributed by atoms with Gasteiger partial charge in [-0.15, -0.1) is 0 Å². The van der Waals surface area contributed by atoms with Gasteiger partial charge in [-0.1, -0.05) is 36.7 Å². The number of rotatable bonds is 3. The van der Waals surface area contributed by atoms with Gasteiger partial charge in [0.05, 0.1) is 5.56 Å². The molecule has 1 amide bonds. The zero-order valence-electron chi connectivity index (χ0n) is 10.3. The van der Waals surface area contributed by atoms with E-state index in [1.165, 1.54) is 0 Å². The Labute approximate surface area is 119 Å². The molecule has 0 atom stereocenters. The Morgan fingerprint density at radius 1 is 1.29 bits per heavy atom. The lowest BCUT2D eigenvalue weighted by molar-refractivity contribution is 0.0948. The number of carbonyl (C=O) groups excluding carboxylic acids is 1. The lowest BCUT2D eigenvalue weighted by Gasteiger charge is -2.18. The highest BCUT2D eigenvalue weighted by Gasteiger charge is 2.13. The molecule has 1 aromatic carbocycles. The maximum Gasteiger partial charge on any atom is 0.252 e. The van der Waals surface area contributed by atoms with Crippen molar-refractivity contribution in [2.24, 2.45) is 5.41 Å². The summed E-state index contributed by atoms with van der Waals surface area (Å²) in [4.78, 5) is 11.9. The van der Waals surface area contributed by atoms with Crippen LogP contribution < -0.4 is 5.32 Å². The molecule has 1 rings (SSSR count). The highest BCUT2D eigenvalue weighted by molar-refractivity contribution is 9.11. The van der Waals surface area contributed by atoms with Gasteiger partial charge in [0.2, 0.25) is 0 Å². The summed E-state index contributed by atoms with van der Waals surface area (Å²) >= 11 is 6.74. The Hall–Kier alpha value is -0.350. The van der Waals surface area contributed by atoms with Crippen LogP contribution in [0.15, 0.2) is 27.1 Å². The van der Waals surface area contributed by atoms with Gasteiger partial charge in [-0.25, -0.2) is 0 Å². The zero-order chi connectivity index (χ0) is 13.1. The third-order valence-corrected chi connectivity index (χ3v) is 3.52. The molecule has 0 spiro atoms. The standard InChI is InChI=1S/C13H17Br2NO/c1-13(2,3)6-7-16-12(17)10-8-9(14)4-5-11(10)15/h4-5,8H,6-7H2,1-3H3,(H,16,17). The molecule has 0 aliphatic carbocycles. The molecule has 1 N–H and O–H groups in total. The summed E-state index contributed by atoms with van der Waals surface area (Å²) in [6, 6.07) is 5.58. The van der Waals surface area contributed by atoms with E-state index in [1.807, 2.05) is 18.2 Å². The van der Waals surface area contributed by atoms with Crippen molar-refractivity contribution in [1.82, 2.24) is 5.32 Å². The highest BCUT2D eigenvalue weighted by atomic mass is 79.9. The van der Waals surface area contributed by atoms with E-state index in [0.29, 0.717) is 12.1 Å². The van der Waals surface area contributed by atoms with E-state index in [1.54, 1.807) is 0 Å². The van der Waals surface area contributed by atoms with Gasteiger partial charge in [0.15, 0.2) is 0 Å². The zero-order valence-corrected chi connectivity index (χ0v) is 13.5. The van der Waals surface area contributed by atoms with Gasteiger partial charge in [-0.05, 0) is 46.0 Å². The van der Waals surface area contributed by atoms with Crippen molar-refractivity contribution in [3.63, 3.8) is 0 Å². The van der Waals surface area contributed by atoms with Crippen molar-refractivity contribution in [3.05, 3.63) is 32.7 Å². The van der Waals surface area contributed by atoms with Gasteiger partial charge in [0, 0.05) is 15.5 Å². The first kappa shape index (κ1) is 14.7. The molecule has 17 heavy (non-hydrogen) atoms. The molecule has 0 unspecified atom stereocenters. The Morgan fingerprint density at radius 3 is 2.53 bits per heavy atom. The predicted molar refractivity (Wildman–Crippen MR) is 78.2 cm³/mol. The normalized spacial score (nSPS) is 11.4. The first-order chi connectivity index (χ1) is 7.79. The third-order valence-electron chi connectivity index (χ3n) is 2.33. The van der Waals surface area contributed by atoms with E-state index >= 15 is 0 Å². The largest absolute Gasteiger partial charge is 0.352 e. The first-order valence-electron chi connectivity index (χ1n) is 5.53. The highest BCUT2D eigenvalue weighted by Crippen LogP contribution is 2.22. The molecule has 0 radical (unpaired) electrons. The molecular weight excluding hydrogens is 346 g/mol. The Bertz CT molecular complexity index is 410. The molecule has 0 bridgehead atoms. The van der Waals surface area contributed by atoms with Crippen LogP contribution in [0.4, 0.5) is 0 Å². The Kier molecular flexibility index (Phi) is 5.20. The molecule has 0 heterocycles. The molecule has 0 aliphatic heterocycles.